The van der Waals surface area contributed by atoms with Gasteiger partial charge >= 0.3 is 12.5 Å². The molecule has 1 aromatic carbocycles. The van der Waals surface area contributed by atoms with Crippen molar-refractivity contribution in [2.75, 3.05) is 26.2 Å². The fourth-order valence-corrected chi connectivity index (χ4v) is 3.01. The van der Waals surface area contributed by atoms with Crippen LogP contribution in [0, 0.1) is 12.7 Å². The highest BCUT2D eigenvalue weighted by atomic mass is 19.4. The Labute approximate surface area is 164 Å². The summed E-state index contributed by atoms with van der Waals surface area (Å²) < 4.78 is 59.8. The molecule has 1 amide bonds. The first-order valence-corrected chi connectivity index (χ1v) is 8.85. The lowest BCUT2D eigenvalue weighted by Crippen LogP contribution is -2.49. The monoisotopic (exact) mass is 413 g/mol. The summed E-state index contributed by atoms with van der Waals surface area (Å²) in [6.45, 7) is 3.79. The predicted octanol–water partition coefficient (Wildman–Crippen LogP) is 3.74. The maximum Gasteiger partial charge on any atom is 0.573 e. The van der Waals surface area contributed by atoms with Crippen molar-refractivity contribution in [3.05, 3.63) is 53.6 Å². The van der Waals surface area contributed by atoms with Crippen LogP contribution in [-0.2, 0) is 6.54 Å². The number of carbonyl (C=O) groups is 1. The van der Waals surface area contributed by atoms with Crippen LogP contribution in [0.5, 0.6) is 11.5 Å². The molecular weight excluding hydrogens is 394 g/mol. The fraction of sp³-hybridized carbons (Fsp3) is 0.368. The highest BCUT2D eigenvalue weighted by Crippen LogP contribution is 2.28. The Kier molecular flexibility index (Phi) is 6.21. The molecule has 0 unspecified atom stereocenters. The van der Waals surface area contributed by atoms with Gasteiger partial charge < -0.3 is 14.4 Å². The molecule has 156 valence electrons. The molecule has 0 saturated carbocycles. The number of benzene rings is 1. The topological polar surface area (TPSA) is 54.9 Å². The molecule has 6 nitrogen and oxygen atoms in total. The summed E-state index contributed by atoms with van der Waals surface area (Å²) in [6, 6.07) is 5.61. The average Bonchev–Trinajstić information content (AvgIpc) is 2.64. The number of pyridine rings is 1. The van der Waals surface area contributed by atoms with Crippen molar-refractivity contribution in [2.24, 2.45) is 0 Å². The van der Waals surface area contributed by atoms with Gasteiger partial charge in [0.1, 0.15) is 11.6 Å². The number of carbonyl (C=O) groups excluding carboxylic acids is 1. The maximum absolute atomic E-state index is 13.1. The van der Waals surface area contributed by atoms with Gasteiger partial charge in [0, 0.05) is 38.8 Å². The van der Waals surface area contributed by atoms with Gasteiger partial charge in [-0.05, 0) is 24.1 Å². The van der Waals surface area contributed by atoms with E-state index >= 15 is 0 Å². The molecule has 2 heterocycles. The van der Waals surface area contributed by atoms with E-state index in [1.165, 1.54) is 23.2 Å². The minimum atomic E-state index is -4.74. The molecule has 1 saturated heterocycles. The smallest absolute Gasteiger partial charge is 0.408 e. The first-order valence-electron chi connectivity index (χ1n) is 8.85. The van der Waals surface area contributed by atoms with Crippen molar-refractivity contribution in [3.63, 3.8) is 0 Å². The molecular formula is C19H19F4N3O3. The number of aromatic nitrogens is 1. The third kappa shape index (κ3) is 5.80. The molecule has 2 aromatic rings. The average molecular weight is 413 g/mol. The molecule has 0 aliphatic carbocycles. The number of amides is 1. The third-order valence-corrected chi connectivity index (χ3v) is 4.53. The summed E-state index contributed by atoms with van der Waals surface area (Å²) in [4.78, 5) is 19.3. The molecule has 1 aliphatic rings. The first kappa shape index (κ1) is 20.8. The number of piperazine rings is 1. The largest absolute Gasteiger partial charge is 0.573 e. The van der Waals surface area contributed by atoms with Crippen molar-refractivity contribution < 1.29 is 31.8 Å². The van der Waals surface area contributed by atoms with Crippen molar-refractivity contribution in [1.82, 2.24) is 14.8 Å². The minimum absolute atomic E-state index is 0.0227. The number of nitrogens with zero attached hydrogens (tertiary/aromatic N) is 3. The normalized spacial score (nSPS) is 15.3. The van der Waals surface area contributed by atoms with Crippen LogP contribution >= 0.6 is 0 Å². The summed E-state index contributed by atoms with van der Waals surface area (Å²) in [5.74, 6) is -0.803. The van der Waals surface area contributed by atoms with Crippen LogP contribution in [0.4, 0.5) is 22.4 Å². The van der Waals surface area contributed by atoms with E-state index in [-0.39, 0.29) is 11.5 Å². The summed E-state index contributed by atoms with van der Waals surface area (Å²) >= 11 is 0. The van der Waals surface area contributed by atoms with Gasteiger partial charge in [-0.25, -0.2) is 9.18 Å². The number of hydrogen-bond donors (Lipinski definition) is 0. The SMILES string of the molecule is Cc1c(CN2CCN(C(=O)Oc3cncc(F)c3)CC2)cccc1OC(F)(F)F. The number of halogens is 4. The van der Waals surface area contributed by atoms with Crippen molar-refractivity contribution in [1.29, 1.82) is 0 Å². The summed E-state index contributed by atoms with van der Waals surface area (Å²) in [7, 11) is 0. The standard InChI is InChI=1S/C19H19F4N3O3/c1-13-14(3-2-4-17(13)29-19(21,22)23)12-25-5-7-26(8-6-25)18(27)28-16-9-15(20)10-24-11-16/h2-4,9-11H,5-8,12H2,1H3. The van der Waals surface area contributed by atoms with Crippen LogP contribution in [-0.4, -0.2) is 53.4 Å². The number of ether oxygens (including phenoxy) is 2. The van der Waals surface area contributed by atoms with E-state index in [1.54, 1.807) is 13.0 Å². The summed E-state index contributed by atoms with van der Waals surface area (Å²) in [6.07, 6.45) is -3.09. The van der Waals surface area contributed by atoms with Gasteiger partial charge in [-0.15, -0.1) is 13.2 Å². The zero-order chi connectivity index (χ0) is 21.0. The van der Waals surface area contributed by atoms with Gasteiger partial charge in [0.15, 0.2) is 5.75 Å². The third-order valence-electron chi connectivity index (χ3n) is 4.53. The molecule has 0 radical (unpaired) electrons. The highest BCUT2D eigenvalue weighted by molar-refractivity contribution is 5.70. The van der Waals surface area contributed by atoms with Crippen LogP contribution in [0.2, 0.25) is 0 Å². The Morgan fingerprint density at radius 3 is 2.55 bits per heavy atom. The van der Waals surface area contributed by atoms with Gasteiger partial charge in [0.25, 0.3) is 0 Å². The summed E-state index contributed by atoms with van der Waals surface area (Å²) in [5.41, 5.74) is 1.14. The van der Waals surface area contributed by atoms with E-state index in [2.05, 4.69) is 9.72 Å². The predicted molar refractivity (Wildman–Crippen MR) is 94.9 cm³/mol. The molecule has 1 aromatic heterocycles. The molecule has 0 bridgehead atoms. The second kappa shape index (κ2) is 8.64. The first-order chi connectivity index (χ1) is 13.7. The second-order valence-electron chi connectivity index (χ2n) is 6.56. The van der Waals surface area contributed by atoms with Gasteiger partial charge in [-0.1, -0.05) is 12.1 Å². The van der Waals surface area contributed by atoms with E-state index in [1.807, 2.05) is 4.90 Å². The quantitative estimate of drug-likeness (QED) is 0.715. The lowest BCUT2D eigenvalue weighted by atomic mass is 10.1. The van der Waals surface area contributed by atoms with E-state index < -0.39 is 18.3 Å². The Morgan fingerprint density at radius 1 is 1.17 bits per heavy atom. The van der Waals surface area contributed by atoms with Crippen LogP contribution in [0.25, 0.3) is 0 Å². The van der Waals surface area contributed by atoms with Crippen molar-refractivity contribution in [3.8, 4) is 11.5 Å². The Balaban J connectivity index is 1.55. The molecule has 0 spiro atoms. The van der Waals surface area contributed by atoms with E-state index in [4.69, 9.17) is 4.74 Å². The molecule has 1 fully saturated rings. The van der Waals surface area contributed by atoms with Crippen molar-refractivity contribution in [2.45, 2.75) is 19.8 Å². The lowest BCUT2D eigenvalue weighted by molar-refractivity contribution is -0.274. The maximum atomic E-state index is 13.1. The molecule has 3 rings (SSSR count). The molecule has 0 N–H and O–H groups in total. The highest BCUT2D eigenvalue weighted by Gasteiger charge is 2.32. The molecule has 1 aliphatic heterocycles. The second-order valence-corrected chi connectivity index (χ2v) is 6.56. The molecule has 29 heavy (non-hydrogen) atoms. The van der Waals surface area contributed by atoms with Gasteiger partial charge in [-0.2, -0.15) is 0 Å². The fourth-order valence-electron chi connectivity index (χ4n) is 3.01. The Hall–Kier alpha value is -2.88. The van der Waals surface area contributed by atoms with Gasteiger partial charge in [0.2, 0.25) is 0 Å². The molecule has 0 atom stereocenters. The zero-order valence-electron chi connectivity index (χ0n) is 15.6. The van der Waals surface area contributed by atoms with Crippen LogP contribution < -0.4 is 9.47 Å². The minimum Gasteiger partial charge on any atom is -0.408 e. The Bertz CT molecular complexity index is 868. The van der Waals surface area contributed by atoms with Crippen molar-refractivity contribution >= 4 is 6.09 Å². The van der Waals surface area contributed by atoms with Gasteiger partial charge in [-0.3, -0.25) is 9.88 Å². The Morgan fingerprint density at radius 2 is 1.90 bits per heavy atom. The van der Waals surface area contributed by atoms with E-state index in [0.29, 0.717) is 43.9 Å². The van der Waals surface area contributed by atoms with Crippen LogP contribution in [0.15, 0.2) is 36.7 Å². The lowest BCUT2D eigenvalue weighted by Gasteiger charge is -2.34. The van der Waals surface area contributed by atoms with Gasteiger partial charge in [0.05, 0.1) is 12.4 Å². The van der Waals surface area contributed by atoms with Crippen LogP contribution in [0.3, 0.4) is 0 Å². The zero-order valence-corrected chi connectivity index (χ0v) is 15.6. The van der Waals surface area contributed by atoms with E-state index in [9.17, 15) is 22.4 Å². The summed E-state index contributed by atoms with van der Waals surface area (Å²) in [5, 5.41) is 0. The molecule has 10 heteroatoms. The number of rotatable bonds is 4. The number of hydrogen-bond acceptors (Lipinski definition) is 5. The van der Waals surface area contributed by atoms with E-state index in [0.717, 1.165) is 12.3 Å². The number of alkyl halides is 3. The van der Waals surface area contributed by atoms with Crippen LogP contribution in [0.1, 0.15) is 11.1 Å².